The Hall–Kier alpha value is -2.37. The van der Waals surface area contributed by atoms with Gasteiger partial charge in [-0.3, -0.25) is 14.4 Å². The minimum Gasteiger partial charge on any atom is -0.462 e. The zero-order chi connectivity index (χ0) is 57.8. The molecule has 6 nitrogen and oxygen atoms in total. The van der Waals surface area contributed by atoms with Crippen LogP contribution in [0.15, 0.2) is 36.5 Å². The lowest BCUT2D eigenvalue weighted by Gasteiger charge is -2.18. The molecule has 0 spiro atoms. The summed E-state index contributed by atoms with van der Waals surface area (Å²) in [6, 6.07) is 0. The first-order chi connectivity index (χ1) is 39.5. The van der Waals surface area contributed by atoms with Gasteiger partial charge in [-0.15, -0.1) is 0 Å². The van der Waals surface area contributed by atoms with Gasteiger partial charge in [0.25, 0.3) is 0 Å². The van der Waals surface area contributed by atoms with Crippen molar-refractivity contribution in [3.05, 3.63) is 36.5 Å². The largest absolute Gasteiger partial charge is 0.462 e. The number of ether oxygens (including phenoxy) is 3. The Balaban J connectivity index is 4.29. The molecule has 0 N–H and O–H groups in total. The lowest BCUT2D eigenvalue weighted by molar-refractivity contribution is -0.167. The van der Waals surface area contributed by atoms with Crippen molar-refractivity contribution in [3.8, 4) is 0 Å². The van der Waals surface area contributed by atoms with E-state index in [-0.39, 0.29) is 31.1 Å². The molecule has 0 aromatic rings. The molecule has 470 valence electrons. The molecule has 0 radical (unpaired) electrons. The van der Waals surface area contributed by atoms with E-state index in [1.807, 2.05) is 0 Å². The molecule has 1 unspecified atom stereocenters. The Morgan fingerprint density at radius 3 is 0.725 bits per heavy atom. The fourth-order valence-electron chi connectivity index (χ4n) is 11.0. The average molecular weight is 1120 g/mol. The van der Waals surface area contributed by atoms with Crippen LogP contribution >= 0.6 is 0 Å². The highest BCUT2D eigenvalue weighted by atomic mass is 16.6. The average Bonchev–Trinajstić information content (AvgIpc) is 3.46. The number of esters is 3. The van der Waals surface area contributed by atoms with E-state index >= 15 is 0 Å². The fraction of sp³-hybridized carbons (Fsp3) is 0.878. The molecule has 0 bridgehead atoms. The van der Waals surface area contributed by atoms with Crippen molar-refractivity contribution in [2.45, 2.75) is 406 Å². The number of allylic oxidation sites excluding steroid dienone is 6. The number of hydrogen-bond donors (Lipinski definition) is 0. The van der Waals surface area contributed by atoms with Crippen molar-refractivity contribution in [1.82, 2.24) is 0 Å². The van der Waals surface area contributed by atoms with Crippen molar-refractivity contribution in [3.63, 3.8) is 0 Å². The summed E-state index contributed by atoms with van der Waals surface area (Å²) in [5.74, 6) is -0.852. The van der Waals surface area contributed by atoms with Crippen molar-refractivity contribution in [2.75, 3.05) is 13.2 Å². The molecule has 0 heterocycles. The molecule has 0 aromatic carbocycles. The van der Waals surface area contributed by atoms with Crippen molar-refractivity contribution in [1.29, 1.82) is 0 Å². The first-order valence-electron chi connectivity index (χ1n) is 36.0. The third-order valence-electron chi connectivity index (χ3n) is 16.4. The van der Waals surface area contributed by atoms with Crippen LogP contribution in [0.25, 0.3) is 0 Å². The summed E-state index contributed by atoms with van der Waals surface area (Å²) in [6.45, 7) is 6.69. The van der Waals surface area contributed by atoms with Crippen LogP contribution in [0, 0.1) is 0 Å². The van der Waals surface area contributed by atoms with Gasteiger partial charge in [0.2, 0.25) is 0 Å². The number of carbonyl (C=O) groups is 3. The summed E-state index contributed by atoms with van der Waals surface area (Å²) < 4.78 is 17.0. The molecule has 0 aliphatic heterocycles. The van der Waals surface area contributed by atoms with Crippen LogP contribution in [0.2, 0.25) is 0 Å². The Kier molecular flexibility index (Phi) is 67.1. The molecular weight excluding hydrogens is 985 g/mol. The molecule has 0 aliphatic rings. The summed E-state index contributed by atoms with van der Waals surface area (Å²) >= 11 is 0. The zero-order valence-corrected chi connectivity index (χ0v) is 54.1. The predicted molar refractivity (Wildman–Crippen MR) is 349 cm³/mol. The van der Waals surface area contributed by atoms with Crippen LogP contribution in [-0.2, 0) is 28.6 Å². The van der Waals surface area contributed by atoms with Gasteiger partial charge >= 0.3 is 17.9 Å². The molecule has 1 atom stereocenters. The highest BCUT2D eigenvalue weighted by molar-refractivity contribution is 5.71. The number of rotatable bonds is 67. The number of unbranched alkanes of at least 4 members (excludes halogenated alkanes) is 50. The topological polar surface area (TPSA) is 78.9 Å². The standard InChI is InChI=1S/C74H138O6/c1-4-7-10-13-16-19-22-25-28-31-34-35-36-37-38-39-41-43-46-49-52-55-58-61-64-67-73(76)79-70-71(69-78-72(75)66-63-60-57-54-51-48-45-42-33-30-27-24-21-18-15-12-9-6-3)80-74(77)68-65-62-59-56-53-50-47-44-40-32-29-26-23-20-17-14-11-8-5-2/h17,20,26,29,40,44,71H,4-16,18-19,21-25,27-28,30-39,41-43,45-70H2,1-3H3/b20-17-,29-26-,44-40-. The van der Waals surface area contributed by atoms with Crippen LogP contribution in [0.4, 0.5) is 0 Å². The molecule has 0 rings (SSSR count). The minimum absolute atomic E-state index is 0.0717. The molecule has 0 aliphatic carbocycles. The second kappa shape index (κ2) is 69.1. The number of hydrogen-bond acceptors (Lipinski definition) is 6. The summed E-state index contributed by atoms with van der Waals surface area (Å²) in [5.41, 5.74) is 0. The van der Waals surface area contributed by atoms with Gasteiger partial charge in [-0.1, -0.05) is 359 Å². The van der Waals surface area contributed by atoms with E-state index in [0.29, 0.717) is 19.3 Å². The maximum Gasteiger partial charge on any atom is 0.306 e. The molecule has 0 aromatic heterocycles. The molecule has 80 heavy (non-hydrogen) atoms. The zero-order valence-electron chi connectivity index (χ0n) is 54.1. The quantitative estimate of drug-likeness (QED) is 0.0261. The molecular formula is C74H138O6. The van der Waals surface area contributed by atoms with Crippen LogP contribution in [-0.4, -0.2) is 37.2 Å². The van der Waals surface area contributed by atoms with Gasteiger partial charge in [0.15, 0.2) is 6.10 Å². The highest BCUT2D eigenvalue weighted by Gasteiger charge is 2.19. The molecule has 6 heteroatoms. The first kappa shape index (κ1) is 77.6. The minimum atomic E-state index is -0.777. The maximum atomic E-state index is 13.0. The van der Waals surface area contributed by atoms with Crippen molar-refractivity contribution < 1.29 is 28.6 Å². The van der Waals surface area contributed by atoms with E-state index in [0.717, 1.165) is 77.0 Å². The maximum absolute atomic E-state index is 13.0. The van der Waals surface area contributed by atoms with Gasteiger partial charge in [-0.05, 0) is 57.8 Å². The highest BCUT2D eigenvalue weighted by Crippen LogP contribution is 2.19. The fourth-order valence-corrected chi connectivity index (χ4v) is 11.0. The Labute approximate surface area is 499 Å². The third-order valence-corrected chi connectivity index (χ3v) is 16.4. The van der Waals surface area contributed by atoms with Crippen LogP contribution in [0.1, 0.15) is 400 Å². The Morgan fingerprint density at radius 2 is 0.450 bits per heavy atom. The molecule has 0 amide bonds. The second-order valence-corrected chi connectivity index (χ2v) is 24.5. The van der Waals surface area contributed by atoms with Gasteiger partial charge in [-0.25, -0.2) is 0 Å². The predicted octanol–water partition coefficient (Wildman–Crippen LogP) is 24.7. The van der Waals surface area contributed by atoms with Crippen LogP contribution in [0.3, 0.4) is 0 Å². The summed E-state index contributed by atoms with van der Waals surface area (Å²) in [4.78, 5) is 38.5. The lowest BCUT2D eigenvalue weighted by atomic mass is 10.0. The van der Waals surface area contributed by atoms with Gasteiger partial charge < -0.3 is 14.2 Å². The van der Waals surface area contributed by atoms with E-state index in [9.17, 15) is 14.4 Å². The monoisotopic (exact) mass is 1120 g/mol. The third kappa shape index (κ3) is 66.4. The van der Waals surface area contributed by atoms with Gasteiger partial charge in [0.1, 0.15) is 13.2 Å². The Morgan fingerprint density at radius 1 is 0.250 bits per heavy atom. The van der Waals surface area contributed by atoms with E-state index in [1.54, 1.807) is 0 Å². The first-order valence-corrected chi connectivity index (χ1v) is 36.0. The summed E-state index contributed by atoms with van der Waals surface area (Å²) in [7, 11) is 0. The molecule has 0 saturated carbocycles. The summed E-state index contributed by atoms with van der Waals surface area (Å²) in [5, 5.41) is 0. The SMILES string of the molecule is CCCCC/C=C\C/C=C\C/C=C\CCCCCCCCC(=O)OC(COC(=O)CCCCCCCCCCCCCCCCCCCC)COC(=O)CCCCCCCCCCCCCCCCCCCCCCCCCCC. The molecule has 0 fully saturated rings. The number of carbonyl (C=O) groups excluding carboxylic acids is 3. The summed E-state index contributed by atoms with van der Waals surface area (Å²) in [6.07, 6.45) is 86.0. The van der Waals surface area contributed by atoms with E-state index in [1.165, 1.54) is 283 Å². The normalized spacial score (nSPS) is 12.2. The van der Waals surface area contributed by atoms with E-state index in [4.69, 9.17) is 14.2 Å². The van der Waals surface area contributed by atoms with Gasteiger partial charge in [0.05, 0.1) is 0 Å². The van der Waals surface area contributed by atoms with Crippen LogP contribution < -0.4 is 0 Å². The van der Waals surface area contributed by atoms with Crippen molar-refractivity contribution >= 4 is 17.9 Å². The van der Waals surface area contributed by atoms with Crippen molar-refractivity contribution in [2.24, 2.45) is 0 Å². The van der Waals surface area contributed by atoms with E-state index in [2.05, 4.69) is 57.2 Å². The van der Waals surface area contributed by atoms with Gasteiger partial charge in [0, 0.05) is 19.3 Å². The smallest absolute Gasteiger partial charge is 0.306 e. The van der Waals surface area contributed by atoms with Gasteiger partial charge in [-0.2, -0.15) is 0 Å². The second-order valence-electron chi connectivity index (χ2n) is 24.5. The molecule has 0 saturated heterocycles. The van der Waals surface area contributed by atoms with E-state index < -0.39 is 6.10 Å². The lowest BCUT2D eigenvalue weighted by Crippen LogP contribution is -2.30. The van der Waals surface area contributed by atoms with Crippen LogP contribution in [0.5, 0.6) is 0 Å². The Bertz CT molecular complexity index is 1340.